The zero-order valence-electron chi connectivity index (χ0n) is 13.4. The molecule has 8 heteroatoms. The topological polar surface area (TPSA) is 102 Å². The van der Waals surface area contributed by atoms with Crippen molar-refractivity contribution >= 4 is 23.8 Å². The zero-order valence-corrected chi connectivity index (χ0v) is 13.4. The highest BCUT2D eigenvalue weighted by molar-refractivity contribution is 6.06. The fraction of sp³-hybridized carbons (Fsp3) is 0.375. The van der Waals surface area contributed by atoms with E-state index in [9.17, 15) is 19.2 Å². The maximum atomic E-state index is 12.8. The predicted octanol–water partition coefficient (Wildman–Crippen LogP) is -0.524. The average Bonchev–Trinajstić information content (AvgIpc) is 2.71. The highest BCUT2D eigenvalue weighted by atomic mass is 16.5. The van der Waals surface area contributed by atoms with Crippen LogP contribution >= 0.6 is 0 Å². The largest absolute Gasteiger partial charge is 0.468 e. The van der Waals surface area contributed by atoms with Crippen molar-refractivity contribution in [3.8, 4) is 0 Å². The first-order valence-corrected chi connectivity index (χ1v) is 7.25. The minimum Gasteiger partial charge on any atom is -0.468 e. The van der Waals surface area contributed by atoms with Gasteiger partial charge in [0.15, 0.2) is 5.92 Å². The SMILES string of the molecule is COC(=O)[C@@H]1C(=O)N(Cc2ccccc2)CC(=O)N[C@H]1C(=O)OC. The lowest BCUT2D eigenvalue weighted by molar-refractivity contribution is -0.160. The van der Waals surface area contributed by atoms with E-state index in [4.69, 9.17) is 0 Å². The molecule has 2 rings (SSSR count). The number of carbonyl (C=O) groups excluding carboxylic acids is 4. The Morgan fingerprint density at radius 2 is 1.75 bits per heavy atom. The molecule has 0 saturated carbocycles. The van der Waals surface area contributed by atoms with E-state index in [0.717, 1.165) is 19.8 Å². The second-order valence-electron chi connectivity index (χ2n) is 5.25. The average molecular weight is 334 g/mol. The Labute approximate surface area is 138 Å². The van der Waals surface area contributed by atoms with Gasteiger partial charge in [-0.15, -0.1) is 0 Å². The summed E-state index contributed by atoms with van der Waals surface area (Å²) in [6.07, 6.45) is 0. The van der Waals surface area contributed by atoms with Crippen LogP contribution in [0.4, 0.5) is 0 Å². The van der Waals surface area contributed by atoms with E-state index >= 15 is 0 Å². The van der Waals surface area contributed by atoms with Crippen molar-refractivity contribution in [2.24, 2.45) is 5.92 Å². The molecule has 1 N–H and O–H groups in total. The van der Waals surface area contributed by atoms with Gasteiger partial charge in [0.05, 0.1) is 20.8 Å². The number of carbonyl (C=O) groups is 4. The lowest BCUT2D eigenvalue weighted by Gasteiger charge is -2.24. The van der Waals surface area contributed by atoms with E-state index in [1.54, 1.807) is 24.3 Å². The Bertz CT molecular complexity index is 645. The summed E-state index contributed by atoms with van der Waals surface area (Å²) in [6.45, 7) is -0.136. The van der Waals surface area contributed by atoms with Gasteiger partial charge in [-0.2, -0.15) is 0 Å². The van der Waals surface area contributed by atoms with E-state index in [-0.39, 0.29) is 13.1 Å². The van der Waals surface area contributed by atoms with Crippen molar-refractivity contribution < 1.29 is 28.7 Å². The third-order valence-corrected chi connectivity index (χ3v) is 3.69. The molecule has 8 nitrogen and oxygen atoms in total. The summed E-state index contributed by atoms with van der Waals surface area (Å²) < 4.78 is 9.22. The van der Waals surface area contributed by atoms with Gasteiger partial charge in [0.1, 0.15) is 6.04 Å². The van der Waals surface area contributed by atoms with Crippen LogP contribution in [0.2, 0.25) is 0 Å². The number of hydrogen-bond acceptors (Lipinski definition) is 6. The Hall–Kier alpha value is -2.90. The first-order chi connectivity index (χ1) is 11.5. The summed E-state index contributed by atoms with van der Waals surface area (Å²) >= 11 is 0. The van der Waals surface area contributed by atoms with Gasteiger partial charge in [-0.1, -0.05) is 30.3 Å². The number of hydrogen-bond donors (Lipinski definition) is 1. The minimum absolute atomic E-state index is 0.133. The molecule has 2 amide bonds. The summed E-state index contributed by atoms with van der Waals surface area (Å²) in [6, 6.07) is 7.59. The van der Waals surface area contributed by atoms with Gasteiger partial charge in [-0.3, -0.25) is 14.4 Å². The second kappa shape index (κ2) is 7.58. The molecule has 2 atom stereocenters. The van der Waals surface area contributed by atoms with Crippen molar-refractivity contribution in [3.05, 3.63) is 35.9 Å². The van der Waals surface area contributed by atoms with Crippen LogP contribution in [0, 0.1) is 5.92 Å². The molecule has 0 radical (unpaired) electrons. The van der Waals surface area contributed by atoms with Crippen LogP contribution in [0.15, 0.2) is 30.3 Å². The van der Waals surface area contributed by atoms with E-state index in [2.05, 4.69) is 14.8 Å². The molecule has 1 aliphatic rings. The Morgan fingerprint density at radius 3 is 2.33 bits per heavy atom. The number of nitrogens with one attached hydrogen (secondary N) is 1. The molecule has 0 bridgehead atoms. The van der Waals surface area contributed by atoms with Gasteiger partial charge in [0.2, 0.25) is 11.8 Å². The van der Waals surface area contributed by atoms with Crippen LogP contribution in [0.3, 0.4) is 0 Å². The second-order valence-corrected chi connectivity index (χ2v) is 5.25. The van der Waals surface area contributed by atoms with Crippen LogP contribution in [-0.2, 0) is 35.2 Å². The lowest BCUT2D eigenvalue weighted by Crippen LogP contribution is -2.51. The third kappa shape index (κ3) is 3.70. The minimum atomic E-state index is -1.49. The highest BCUT2D eigenvalue weighted by Gasteiger charge is 2.46. The van der Waals surface area contributed by atoms with Gasteiger partial charge in [0, 0.05) is 6.54 Å². The fourth-order valence-corrected chi connectivity index (χ4v) is 2.52. The van der Waals surface area contributed by atoms with Crippen molar-refractivity contribution in [2.45, 2.75) is 12.6 Å². The van der Waals surface area contributed by atoms with E-state index < -0.39 is 35.7 Å². The molecule has 24 heavy (non-hydrogen) atoms. The molecule has 0 aromatic heterocycles. The third-order valence-electron chi connectivity index (χ3n) is 3.69. The Morgan fingerprint density at radius 1 is 1.12 bits per heavy atom. The maximum Gasteiger partial charge on any atom is 0.329 e. The standard InChI is InChI=1S/C16H18N2O6/c1-23-15(21)12-13(16(22)24-2)17-11(19)9-18(14(12)20)8-10-6-4-3-5-7-10/h3-7,12-13H,8-9H2,1-2H3,(H,17,19)/t12-,13+/m0/s1. The lowest BCUT2D eigenvalue weighted by atomic mass is 9.98. The molecule has 1 aromatic rings. The van der Waals surface area contributed by atoms with Crippen molar-refractivity contribution in [3.63, 3.8) is 0 Å². The summed E-state index contributed by atoms with van der Waals surface area (Å²) in [5, 5.41) is 2.36. The number of amides is 2. The van der Waals surface area contributed by atoms with E-state index in [0.29, 0.717) is 0 Å². The molecule has 1 saturated heterocycles. The number of nitrogens with zero attached hydrogens (tertiary/aromatic N) is 1. The Balaban J connectivity index is 2.34. The van der Waals surface area contributed by atoms with Crippen LogP contribution in [-0.4, -0.2) is 55.5 Å². The van der Waals surface area contributed by atoms with Crippen LogP contribution in [0.25, 0.3) is 0 Å². The molecule has 1 heterocycles. The number of esters is 2. The molecule has 1 aliphatic heterocycles. The quantitative estimate of drug-likeness (QED) is 0.587. The molecule has 1 fully saturated rings. The molecule has 128 valence electrons. The summed E-state index contributed by atoms with van der Waals surface area (Å²) in [5.74, 6) is -4.50. The van der Waals surface area contributed by atoms with Crippen molar-refractivity contribution in [1.82, 2.24) is 10.2 Å². The van der Waals surface area contributed by atoms with E-state index in [1.807, 2.05) is 6.07 Å². The first kappa shape index (κ1) is 17.5. The normalized spacial score (nSPS) is 20.8. The number of ether oxygens (including phenoxy) is 2. The molecular weight excluding hydrogens is 316 g/mol. The van der Waals surface area contributed by atoms with E-state index in [1.165, 1.54) is 4.90 Å². The molecule has 0 aliphatic carbocycles. The zero-order chi connectivity index (χ0) is 17.7. The highest BCUT2D eigenvalue weighted by Crippen LogP contribution is 2.18. The first-order valence-electron chi connectivity index (χ1n) is 7.25. The summed E-state index contributed by atoms with van der Waals surface area (Å²) in [4.78, 5) is 49.9. The predicted molar refractivity (Wildman–Crippen MR) is 81.3 cm³/mol. The Kier molecular flexibility index (Phi) is 5.51. The fourth-order valence-electron chi connectivity index (χ4n) is 2.52. The molecular formula is C16H18N2O6. The van der Waals surface area contributed by atoms with Gasteiger partial charge < -0.3 is 19.7 Å². The molecule has 0 unspecified atom stereocenters. The van der Waals surface area contributed by atoms with Crippen LogP contribution in [0.1, 0.15) is 5.56 Å². The van der Waals surface area contributed by atoms with Crippen LogP contribution in [0.5, 0.6) is 0 Å². The van der Waals surface area contributed by atoms with Crippen molar-refractivity contribution in [1.29, 1.82) is 0 Å². The smallest absolute Gasteiger partial charge is 0.329 e. The maximum absolute atomic E-state index is 12.8. The summed E-state index contributed by atoms with van der Waals surface area (Å²) in [5.41, 5.74) is 0.791. The van der Waals surface area contributed by atoms with Gasteiger partial charge in [-0.25, -0.2) is 4.79 Å². The number of rotatable bonds is 4. The van der Waals surface area contributed by atoms with Gasteiger partial charge in [-0.05, 0) is 5.56 Å². The van der Waals surface area contributed by atoms with Gasteiger partial charge in [0.25, 0.3) is 0 Å². The number of benzene rings is 1. The van der Waals surface area contributed by atoms with Crippen molar-refractivity contribution in [2.75, 3.05) is 20.8 Å². The molecule has 1 aromatic carbocycles. The van der Waals surface area contributed by atoms with Gasteiger partial charge >= 0.3 is 11.9 Å². The number of methoxy groups -OCH3 is 2. The van der Waals surface area contributed by atoms with Crippen LogP contribution < -0.4 is 5.32 Å². The monoisotopic (exact) mass is 334 g/mol. The molecule has 0 spiro atoms. The summed E-state index contributed by atoms with van der Waals surface area (Å²) in [7, 11) is 2.22.